The highest BCUT2D eigenvalue weighted by atomic mass is 32.1. The number of amides is 1. The minimum Gasteiger partial charge on any atom is -0.493 e. The van der Waals surface area contributed by atoms with Crippen LogP contribution in [-0.2, 0) is 11.2 Å². The molecule has 118 valence electrons. The lowest BCUT2D eigenvalue weighted by molar-refractivity contribution is -0.120. The van der Waals surface area contributed by atoms with Crippen molar-refractivity contribution in [3.05, 3.63) is 53.3 Å². The Hall–Kier alpha value is -2.67. The molecular formula is C16H16N4O2S. The van der Waals surface area contributed by atoms with Crippen molar-refractivity contribution >= 4 is 28.4 Å². The summed E-state index contributed by atoms with van der Waals surface area (Å²) in [4.78, 5) is 17.2. The van der Waals surface area contributed by atoms with Crippen LogP contribution in [0.15, 0.2) is 47.1 Å². The van der Waals surface area contributed by atoms with Gasteiger partial charge < -0.3 is 4.74 Å². The number of nitrogens with one attached hydrogen (secondary N) is 1. The third-order valence-electron chi connectivity index (χ3n) is 3.10. The standard InChI is InChI=1S/C16H16N4O2S/c1-2-22-14-6-4-3-5-12(14)10-17-19-15(21)9-13-11-20-7-8-23-16(20)18-13/h3-8,10-11H,2,9H2,1H3,(H,19,21)/b17-10-. The van der Waals surface area contributed by atoms with E-state index in [2.05, 4.69) is 15.5 Å². The van der Waals surface area contributed by atoms with Crippen molar-refractivity contribution in [2.24, 2.45) is 5.10 Å². The highest BCUT2D eigenvalue weighted by Crippen LogP contribution is 2.15. The van der Waals surface area contributed by atoms with E-state index in [0.717, 1.165) is 22.0 Å². The van der Waals surface area contributed by atoms with Gasteiger partial charge in [-0.1, -0.05) is 12.1 Å². The van der Waals surface area contributed by atoms with Crippen LogP contribution < -0.4 is 10.2 Å². The first-order valence-electron chi connectivity index (χ1n) is 7.21. The second-order valence-electron chi connectivity index (χ2n) is 4.77. The molecule has 0 aliphatic rings. The normalized spacial score (nSPS) is 11.2. The number of carbonyl (C=O) groups excluding carboxylic acids is 1. The second kappa shape index (κ2) is 7.06. The van der Waals surface area contributed by atoms with Gasteiger partial charge in [-0.05, 0) is 19.1 Å². The van der Waals surface area contributed by atoms with E-state index in [4.69, 9.17) is 4.74 Å². The molecule has 0 saturated carbocycles. The molecule has 2 heterocycles. The molecule has 7 heteroatoms. The summed E-state index contributed by atoms with van der Waals surface area (Å²) in [7, 11) is 0. The summed E-state index contributed by atoms with van der Waals surface area (Å²) in [5, 5.41) is 5.94. The molecule has 0 aliphatic carbocycles. The fourth-order valence-electron chi connectivity index (χ4n) is 2.11. The van der Waals surface area contributed by atoms with Crippen molar-refractivity contribution in [2.45, 2.75) is 13.3 Å². The van der Waals surface area contributed by atoms with Crippen LogP contribution in [0.2, 0.25) is 0 Å². The van der Waals surface area contributed by atoms with Crippen LogP contribution in [0.5, 0.6) is 5.75 Å². The maximum atomic E-state index is 11.9. The number of fused-ring (bicyclic) bond motifs is 1. The molecule has 0 aliphatic heterocycles. The molecule has 2 aromatic heterocycles. The Kier molecular flexibility index (Phi) is 4.68. The van der Waals surface area contributed by atoms with Crippen molar-refractivity contribution in [3.8, 4) is 5.75 Å². The number of nitrogens with zero attached hydrogens (tertiary/aromatic N) is 3. The zero-order valence-corrected chi connectivity index (χ0v) is 13.4. The van der Waals surface area contributed by atoms with Gasteiger partial charge in [0.25, 0.3) is 0 Å². The van der Waals surface area contributed by atoms with Crippen molar-refractivity contribution < 1.29 is 9.53 Å². The molecule has 0 fully saturated rings. The van der Waals surface area contributed by atoms with E-state index in [1.807, 2.05) is 53.4 Å². The monoisotopic (exact) mass is 328 g/mol. The number of aromatic nitrogens is 2. The van der Waals surface area contributed by atoms with Gasteiger partial charge in [0.1, 0.15) is 5.75 Å². The molecule has 23 heavy (non-hydrogen) atoms. The van der Waals surface area contributed by atoms with Gasteiger partial charge in [-0.2, -0.15) is 5.10 Å². The summed E-state index contributed by atoms with van der Waals surface area (Å²) in [6, 6.07) is 7.53. The van der Waals surface area contributed by atoms with Crippen LogP contribution >= 0.6 is 11.3 Å². The fourth-order valence-corrected chi connectivity index (χ4v) is 2.83. The molecule has 1 N–H and O–H groups in total. The quantitative estimate of drug-likeness (QED) is 0.558. The van der Waals surface area contributed by atoms with Crippen molar-refractivity contribution in [1.29, 1.82) is 0 Å². The van der Waals surface area contributed by atoms with Crippen molar-refractivity contribution in [2.75, 3.05) is 6.61 Å². The predicted octanol–water partition coefficient (Wildman–Crippen LogP) is 2.49. The zero-order chi connectivity index (χ0) is 16.1. The van der Waals surface area contributed by atoms with E-state index in [1.54, 1.807) is 6.21 Å². The molecule has 0 saturated heterocycles. The number of carbonyl (C=O) groups is 1. The number of benzene rings is 1. The number of ether oxygens (including phenoxy) is 1. The molecule has 3 aromatic rings. The van der Waals surface area contributed by atoms with E-state index >= 15 is 0 Å². The molecular weight excluding hydrogens is 312 g/mol. The summed E-state index contributed by atoms with van der Waals surface area (Å²) in [5.74, 6) is 0.531. The number of para-hydroxylation sites is 1. The van der Waals surface area contributed by atoms with Crippen LogP contribution in [-0.4, -0.2) is 28.1 Å². The van der Waals surface area contributed by atoms with Crippen LogP contribution in [0.4, 0.5) is 0 Å². The molecule has 0 spiro atoms. The van der Waals surface area contributed by atoms with E-state index in [0.29, 0.717) is 6.61 Å². The third kappa shape index (κ3) is 3.75. The van der Waals surface area contributed by atoms with Crippen LogP contribution in [0.25, 0.3) is 4.96 Å². The summed E-state index contributed by atoms with van der Waals surface area (Å²) in [6.07, 6.45) is 5.53. The van der Waals surface area contributed by atoms with Crippen molar-refractivity contribution in [1.82, 2.24) is 14.8 Å². The predicted molar refractivity (Wildman–Crippen MR) is 90.1 cm³/mol. The number of hydrogen-bond donors (Lipinski definition) is 1. The lowest BCUT2D eigenvalue weighted by Gasteiger charge is -2.05. The Bertz CT molecular complexity index is 809. The van der Waals surface area contributed by atoms with Gasteiger partial charge in [0.15, 0.2) is 4.96 Å². The third-order valence-corrected chi connectivity index (χ3v) is 3.87. The zero-order valence-electron chi connectivity index (χ0n) is 12.6. The van der Waals surface area contributed by atoms with Gasteiger partial charge in [-0.3, -0.25) is 9.20 Å². The first kappa shape index (κ1) is 15.2. The maximum absolute atomic E-state index is 11.9. The van der Waals surface area contributed by atoms with Gasteiger partial charge in [0.05, 0.1) is 24.9 Å². The van der Waals surface area contributed by atoms with E-state index in [-0.39, 0.29) is 12.3 Å². The second-order valence-corrected chi connectivity index (χ2v) is 5.64. The Balaban J connectivity index is 1.59. The number of hydrazone groups is 1. The molecule has 0 bridgehead atoms. The fraction of sp³-hybridized carbons (Fsp3) is 0.188. The molecule has 3 rings (SSSR count). The first-order chi connectivity index (χ1) is 11.3. The van der Waals surface area contributed by atoms with E-state index < -0.39 is 0 Å². The SMILES string of the molecule is CCOc1ccccc1/C=N\NC(=O)Cc1cn2ccsc2n1. The molecule has 0 unspecified atom stereocenters. The van der Waals surface area contributed by atoms with Gasteiger partial charge in [0.2, 0.25) is 5.91 Å². The number of rotatable bonds is 6. The topological polar surface area (TPSA) is 68.0 Å². The van der Waals surface area contributed by atoms with E-state index in [1.165, 1.54) is 11.3 Å². The Morgan fingerprint density at radius 3 is 3.17 bits per heavy atom. The number of hydrogen-bond acceptors (Lipinski definition) is 5. The van der Waals surface area contributed by atoms with Gasteiger partial charge in [0, 0.05) is 23.3 Å². The summed E-state index contributed by atoms with van der Waals surface area (Å²) in [5.41, 5.74) is 4.05. The van der Waals surface area contributed by atoms with Crippen LogP contribution in [0.1, 0.15) is 18.2 Å². The van der Waals surface area contributed by atoms with Gasteiger partial charge >= 0.3 is 0 Å². The minimum absolute atomic E-state index is 0.193. The Labute approximate surface area is 137 Å². The summed E-state index contributed by atoms with van der Waals surface area (Å²) >= 11 is 1.53. The smallest absolute Gasteiger partial charge is 0.246 e. The molecule has 0 radical (unpaired) electrons. The first-order valence-corrected chi connectivity index (χ1v) is 8.09. The van der Waals surface area contributed by atoms with Crippen LogP contribution in [0.3, 0.4) is 0 Å². The van der Waals surface area contributed by atoms with Crippen molar-refractivity contribution in [3.63, 3.8) is 0 Å². The molecule has 0 atom stereocenters. The Morgan fingerprint density at radius 2 is 2.35 bits per heavy atom. The largest absolute Gasteiger partial charge is 0.493 e. The summed E-state index contributed by atoms with van der Waals surface area (Å²) < 4.78 is 7.40. The highest BCUT2D eigenvalue weighted by molar-refractivity contribution is 7.15. The van der Waals surface area contributed by atoms with Gasteiger partial charge in [-0.25, -0.2) is 10.4 Å². The van der Waals surface area contributed by atoms with Gasteiger partial charge in [-0.15, -0.1) is 11.3 Å². The lowest BCUT2D eigenvalue weighted by Crippen LogP contribution is -2.20. The number of thiazole rings is 1. The molecule has 6 nitrogen and oxygen atoms in total. The Morgan fingerprint density at radius 1 is 1.48 bits per heavy atom. The molecule has 1 amide bonds. The minimum atomic E-state index is -0.208. The summed E-state index contributed by atoms with van der Waals surface area (Å²) in [6.45, 7) is 2.50. The van der Waals surface area contributed by atoms with E-state index in [9.17, 15) is 4.79 Å². The average molecular weight is 328 g/mol. The lowest BCUT2D eigenvalue weighted by atomic mass is 10.2. The number of imidazole rings is 1. The van der Waals surface area contributed by atoms with Crippen LogP contribution in [0, 0.1) is 0 Å². The average Bonchev–Trinajstić information content (AvgIpc) is 3.10. The highest BCUT2D eigenvalue weighted by Gasteiger charge is 2.07. The maximum Gasteiger partial charge on any atom is 0.246 e. The molecule has 1 aromatic carbocycles.